The van der Waals surface area contributed by atoms with Crippen LogP contribution in [0.2, 0.25) is 0 Å². The molecule has 0 bridgehead atoms. The smallest absolute Gasteiger partial charge is 0.242 e. The minimum absolute atomic E-state index is 0. The Morgan fingerprint density at radius 2 is 1.41 bits per heavy atom. The molecule has 2 aliphatic heterocycles. The first kappa shape index (κ1) is 25.9. The maximum absolute atomic E-state index is 12.2. The lowest BCUT2D eigenvalue weighted by atomic mass is 10.1. The molecule has 0 saturated carbocycles. The summed E-state index contributed by atoms with van der Waals surface area (Å²) in [7, 11) is 0. The fourth-order valence-corrected chi connectivity index (χ4v) is 3.11. The molecule has 0 aliphatic carbocycles. The summed E-state index contributed by atoms with van der Waals surface area (Å²) in [6.45, 7) is 8.43. The SMILES string of the molecule is CC(C)[C@H](N)C(=O)NCC(=O)N1CCN(CC(=O)N2CCCC2)CC1.Cl.Cl. The largest absolute Gasteiger partial charge is 0.346 e. The normalized spacial score (nSPS) is 18.5. The summed E-state index contributed by atoms with van der Waals surface area (Å²) < 4.78 is 0. The van der Waals surface area contributed by atoms with Gasteiger partial charge in [0, 0.05) is 39.3 Å². The molecule has 10 heteroatoms. The number of rotatable bonds is 6. The van der Waals surface area contributed by atoms with Crippen molar-refractivity contribution in [1.29, 1.82) is 0 Å². The van der Waals surface area contributed by atoms with Gasteiger partial charge in [-0.05, 0) is 18.8 Å². The van der Waals surface area contributed by atoms with Crippen LogP contribution in [0, 0.1) is 5.92 Å². The Balaban J connectivity index is 0.00000338. The summed E-state index contributed by atoms with van der Waals surface area (Å²) in [6.07, 6.45) is 2.19. The van der Waals surface area contributed by atoms with Crippen LogP contribution in [0.25, 0.3) is 0 Å². The van der Waals surface area contributed by atoms with Crippen molar-refractivity contribution < 1.29 is 14.4 Å². The molecule has 2 aliphatic rings. The summed E-state index contributed by atoms with van der Waals surface area (Å²) in [6, 6.07) is -0.596. The molecule has 2 heterocycles. The number of hydrogen-bond donors (Lipinski definition) is 2. The van der Waals surface area contributed by atoms with E-state index >= 15 is 0 Å². The number of hydrogen-bond acceptors (Lipinski definition) is 5. The third-order valence-electron chi connectivity index (χ3n) is 4.98. The van der Waals surface area contributed by atoms with Gasteiger partial charge in [0.25, 0.3) is 0 Å². The summed E-state index contributed by atoms with van der Waals surface area (Å²) in [5, 5.41) is 2.61. The summed E-state index contributed by atoms with van der Waals surface area (Å²) >= 11 is 0. The zero-order valence-electron chi connectivity index (χ0n) is 16.2. The number of nitrogens with zero attached hydrogens (tertiary/aromatic N) is 3. The maximum atomic E-state index is 12.2. The van der Waals surface area contributed by atoms with Crippen LogP contribution in [-0.4, -0.2) is 90.8 Å². The Morgan fingerprint density at radius 1 is 0.889 bits per heavy atom. The molecule has 27 heavy (non-hydrogen) atoms. The predicted octanol–water partition coefficient (Wildman–Crippen LogP) is -0.304. The number of likely N-dealkylation sites (tertiary alicyclic amines) is 1. The maximum Gasteiger partial charge on any atom is 0.242 e. The molecule has 0 aromatic heterocycles. The molecule has 1 atom stereocenters. The number of piperazine rings is 1. The van der Waals surface area contributed by atoms with E-state index in [9.17, 15) is 14.4 Å². The highest BCUT2D eigenvalue weighted by atomic mass is 35.5. The molecule has 158 valence electrons. The van der Waals surface area contributed by atoms with Gasteiger partial charge < -0.3 is 20.9 Å². The van der Waals surface area contributed by atoms with Gasteiger partial charge in [0.15, 0.2) is 0 Å². The molecule has 8 nitrogen and oxygen atoms in total. The van der Waals surface area contributed by atoms with Crippen LogP contribution in [0.3, 0.4) is 0 Å². The fourth-order valence-electron chi connectivity index (χ4n) is 3.11. The third-order valence-corrected chi connectivity index (χ3v) is 4.98. The quantitative estimate of drug-likeness (QED) is 0.608. The highest BCUT2D eigenvalue weighted by Crippen LogP contribution is 2.09. The Bertz CT molecular complexity index is 493. The zero-order chi connectivity index (χ0) is 18.4. The van der Waals surface area contributed by atoms with E-state index in [2.05, 4.69) is 10.2 Å². The topological polar surface area (TPSA) is 99.0 Å². The van der Waals surface area contributed by atoms with Gasteiger partial charge in [0.1, 0.15) is 0 Å². The van der Waals surface area contributed by atoms with Crippen molar-refractivity contribution in [1.82, 2.24) is 20.0 Å². The molecule has 0 aromatic carbocycles. The summed E-state index contributed by atoms with van der Waals surface area (Å²) in [5.74, 6) is -0.174. The van der Waals surface area contributed by atoms with Crippen LogP contribution in [0.1, 0.15) is 26.7 Å². The lowest BCUT2D eigenvalue weighted by Crippen LogP contribution is -2.54. The van der Waals surface area contributed by atoms with E-state index in [1.54, 1.807) is 4.90 Å². The predicted molar refractivity (Wildman–Crippen MR) is 109 cm³/mol. The Morgan fingerprint density at radius 3 is 1.93 bits per heavy atom. The lowest BCUT2D eigenvalue weighted by molar-refractivity contribution is -0.136. The summed E-state index contributed by atoms with van der Waals surface area (Å²) in [5.41, 5.74) is 5.76. The number of carbonyl (C=O) groups is 3. The monoisotopic (exact) mass is 425 g/mol. The highest BCUT2D eigenvalue weighted by Gasteiger charge is 2.26. The first-order chi connectivity index (χ1) is 11.9. The summed E-state index contributed by atoms with van der Waals surface area (Å²) in [4.78, 5) is 41.9. The second-order valence-corrected chi connectivity index (χ2v) is 7.23. The average Bonchev–Trinajstić information content (AvgIpc) is 3.14. The van der Waals surface area contributed by atoms with Gasteiger partial charge >= 0.3 is 0 Å². The Kier molecular flexibility index (Phi) is 11.9. The zero-order valence-corrected chi connectivity index (χ0v) is 17.8. The van der Waals surface area contributed by atoms with Crippen LogP contribution in [0.5, 0.6) is 0 Å². The molecule has 2 fully saturated rings. The molecule has 2 rings (SSSR count). The number of amides is 3. The van der Waals surface area contributed by atoms with E-state index in [1.165, 1.54) is 0 Å². The van der Waals surface area contributed by atoms with Gasteiger partial charge in [-0.1, -0.05) is 13.8 Å². The van der Waals surface area contributed by atoms with Gasteiger partial charge in [-0.25, -0.2) is 0 Å². The van der Waals surface area contributed by atoms with Crippen molar-refractivity contribution in [2.75, 3.05) is 52.4 Å². The van der Waals surface area contributed by atoms with Gasteiger partial charge in [0.05, 0.1) is 19.1 Å². The molecule has 0 unspecified atom stereocenters. The molecular formula is C17H33Cl2N5O3. The fraction of sp³-hybridized carbons (Fsp3) is 0.824. The van der Waals surface area contributed by atoms with Crippen LogP contribution < -0.4 is 11.1 Å². The molecule has 0 aromatic rings. The number of nitrogens with two attached hydrogens (primary N) is 1. The second-order valence-electron chi connectivity index (χ2n) is 7.23. The molecule has 2 saturated heterocycles. The number of nitrogens with one attached hydrogen (secondary N) is 1. The highest BCUT2D eigenvalue weighted by molar-refractivity contribution is 5.87. The van der Waals surface area contributed by atoms with E-state index in [0.29, 0.717) is 32.7 Å². The van der Waals surface area contributed by atoms with Crippen molar-refractivity contribution in [2.24, 2.45) is 11.7 Å². The van der Waals surface area contributed by atoms with Crippen LogP contribution in [0.15, 0.2) is 0 Å². The van der Waals surface area contributed by atoms with Crippen molar-refractivity contribution in [3.63, 3.8) is 0 Å². The van der Waals surface area contributed by atoms with E-state index in [-0.39, 0.29) is 55.0 Å². The molecule has 0 spiro atoms. The Hall–Kier alpha value is -1.09. The standard InChI is InChI=1S/C17H31N5O3.2ClH/c1-13(2)16(18)17(25)19-11-14(23)22-9-7-20(8-10-22)12-15(24)21-5-3-4-6-21;;/h13,16H,3-12,18H2,1-2H3,(H,19,25);2*1H/t16-;;/m0../s1. The van der Waals surface area contributed by atoms with Crippen LogP contribution >= 0.6 is 24.8 Å². The van der Waals surface area contributed by atoms with Crippen LogP contribution in [-0.2, 0) is 14.4 Å². The minimum Gasteiger partial charge on any atom is -0.346 e. The van der Waals surface area contributed by atoms with Crippen LogP contribution in [0.4, 0.5) is 0 Å². The Labute approximate surface area is 174 Å². The van der Waals surface area contributed by atoms with E-state index in [4.69, 9.17) is 5.73 Å². The number of carbonyl (C=O) groups excluding carboxylic acids is 3. The lowest BCUT2D eigenvalue weighted by Gasteiger charge is -2.35. The van der Waals surface area contributed by atoms with E-state index in [1.807, 2.05) is 18.7 Å². The van der Waals surface area contributed by atoms with Gasteiger partial charge in [-0.15, -0.1) is 24.8 Å². The van der Waals surface area contributed by atoms with Gasteiger partial charge in [-0.3, -0.25) is 19.3 Å². The third kappa shape index (κ3) is 7.81. The van der Waals surface area contributed by atoms with Crippen molar-refractivity contribution in [3.05, 3.63) is 0 Å². The first-order valence-electron chi connectivity index (χ1n) is 9.19. The van der Waals surface area contributed by atoms with Crippen molar-refractivity contribution in [3.8, 4) is 0 Å². The molecule has 3 amide bonds. The van der Waals surface area contributed by atoms with Crippen molar-refractivity contribution >= 4 is 42.5 Å². The van der Waals surface area contributed by atoms with E-state index < -0.39 is 6.04 Å². The minimum atomic E-state index is -0.596. The first-order valence-corrected chi connectivity index (χ1v) is 9.19. The average molecular weight is 426 g/mol. The molecule has 3 N–H and O–H groups in total. The van der Waals surface area contributed by atoms with Crippen molar-refractivity contribution in [2.45, 2.75) is 32.7 Å². The second kappa shape index (κ2) is 12.4. The van der Waals surface area contributed by atoms with E-state index in [0.717, 1.165) is 25.9 Å². The molecule has 0 radical (unpaired) electrons. The number of halogens is 2. The molecular weight excluding hydrogens is 393 g/mol. The van der Waals surface area contributed by atoms with Gasteiger partial charge in [-0.2, -0.15) is 0 Å². The van der Waals surface area contributed by atoms with Gasteiger partial charge in [0.2, 0.25) is 17.7 Å².